The molecule has 1 unspecified atom stereocenters. The van der Waals surface area contributed by atoms with E-state index in [1.165, 1.54) is 12.1 Å². The molecule has 3 nitrogen and oxygen atoms in total. The van der Waals surface area contributed by atoms with Gasteiger partial charge in [0, 0.05) is 13.0 Å². The largest absolute Gasteiger partial charge is 0.388 e. The first-order valence-electron chi connectivity index (χ1n) is 6.73. The number of aliphatic hydroxyl groups is 1. The summed E-state index contributed by atoms with van der Waals surface area (Å²) in [5.74, 6) is -0.0499. The van der Waals surface area contributed by atoms with Crippen molar-refractivity contribution in [3.8, 4) is 6.07 Å². The first-order valence-corrected chi connectivity index (χ1v) is 6.73. The van der Waals surface area contributed by atoms with Crippen LogP contribution >= 0.6 is 0 Å². The van der Waals surface area contributed by atoms with Gasteiger partial charge >= 0.3 is 0 Å². The summed E-state index contributed by atoms with van der Waals surface area (Å²) in [6.45, 7) is 2.66. The molecule has 102 valence electrons. The zero-order valence-corrected chi connectivity index (χ0v) is 10.9. The summed E-state index contributed by atoms with van der Waals surface area (Å²) in [5.41, 5.74) is 0.789. The number of hydrogen-bond donors (Lipinski definition) is 1. The van der Waals surface area contributed by atoms with Crippen LogP contribution in [0.4, 0.5) is 4.39 Å². The Bertz CT molecular complexity index is 432. The van der Waals surface area contributed by atoms with E-state index in [0.29, 0.717) is 6.42 Å². The summed E-state index contributed by atoms with van der Waals surface area (Å²) in [5, 5.41) is 18.9. The van der Waals surface area contributed by atoms with Crippen molar-refractivity contribution in [3.05, 3.63) is 35.6 Å². The van der Waals surface area contributed by atoms with Crippen LogP contribution in [0.15, 0.2) is 24.3 Å². The lowest BCUT2D eigenvalue weighted by Crippen LogP contribution is -2.36. The molecule has 0 radical (unpaired) electrons. The Kier molecular flexibility index (Phi) is 4.89. The van der Waals surface area contributed by atoms with E-state index in [2.05, 4.69) is 11.0 Å². The van der Waals surface area contributed by atoms with E-state index in [9.17, 15) is 9.50 Å². The lowest BCUT2D eigenvalue weighted by atomic mass is 9.87. The van der Waals surface area contributed by atoms with E-state index in [4.69, 9.17) is 5.26 Å². The highest BCUT2D eigenvalue weighted by molar-refractivity contribution is 5.19. The summed E-state index contributed by atoms with van der Waals surface area (Å²) in [6.07, 6.45) is 1.89. The molecule has 0 aliphatic carbocycles. The zero-order chi connectivity index (χ0) is 13.7. The highest BCUT2D eigenvalue weighted by Crippen LogP contribution is 2.30. The number of nitrogens with zero attached hydrogens (tertiary/aromatic N) is 2. The van der Waals surface area contributed by atoms with Crippen LogP contribution in [0.5, 0.6) is 0 Å². The van der Waals surface area contributed by atoms with Gasteiger partial charge in [0.2, 0.25) is 0 Å². The van der Waals surface area contributed by atoms with Gasteiger partial charge in [-0.3, -0.25) is 0 Å². The number of halogens is 1. The van der Waals surface area contributed by atoms with Gasteiger partial charge in [-0.15, -0.1) is 0 Å². The Hall–Kier alpha value is -1.44. The predicted octanol–water partition coefficient (Wildman–Crippen LogP) is 2.48. The summed E-state index contributed by atoms with van der Waals surface area (Å²) in [4.78, 5) is 2.26. The van der Waals surface area contributed by atoms with Crippen molar-refractivity contribution in [2.24, 2.45) is 5.92 Å². The monoisotopic (exact) mass is 262 g/mol. The molecule has 0 aromatic heterocycles. The van der Waals surface area contributed by atoms with E-state index in [1.807, 2.05) is 0 Å². The third-order valence-electron chi connectivity index (χ3n) is 3.83. The summed E-state index contributed by atoms with van der Waals surface area (Å²) in [7, 11) is 0. The average molecular weight is 262 g/mol. The smallest absolute Gasteiger partial charge is 0.123 e. The second kappa shape index (κ2) is 6.65. The van der Waals surface area contributed by atoms with Gasteiger partial charge in [-0.1, -0.05) is 12.1 Å². The maximum Gasteiger partial charge on any atom is 0.123 e. The predicted molar refractivity (Wildman–Crippen MR) is 70.8 cm³/mol. The van der Waals surface area contributed by atoms with Crippen LogP contribution in [0.2, 0.25) is 0 Å². The molecule has 1 aromatic rings. The van der Waals surface area contributed by atoms with Crippen molar-refractivity contribution in [3.63, 3.8) is 0 Å². The number of hydrogen-bond acceptors (Lipinski definition) is 3. The van der Waals surface area contributed by atoms with Gasteiger partial charge in [-0.05, 0) is 49.5 Å². The van der Waals surface area contributed by atoms with Crippen LogP contribution in [0.3, 0.4) is 0 Å². The third-order valence-corrected chi connectivity index (χ3v) is 3.83. The second-order valence-electron chi connectivity index (χ2n) is 5.08. The highest BCUT2D eigenvalue weighted by Gasteiger charge is 2.25. The third kappa shape index (κ3) is 3.76. The molecular formula is C15H19FN2O. The number of rotatable bonds is 4. The fourth-order valence-electron chi connectivity index (χ4n) is 2.63. The maximum absolute atomic E-state index is 12.8. The molecule has 1 fully saturated rings. The molecule has 1 heterocycles. The van der Waals surface area contributed by atoms with E-state index < -0.39 is 6.10 Å². The minimum atomic E-state index is -0.515. The van der Waals surface area contributed by atoms with E-state index in [0.717, 1.165) is 38.0 Å². The van der Waals surface area contributed by atoms with Crippen molar-refractivity contribution in [2.75, 3.05) is 19.6 Å². The van der Waals surface area contributed by atoms with Crippen LogP contribution in [-0.4, -0.2) is 29.6 Å². The summed E-state index contributed by atoms with van der Waals surface area (Å²) >= 11 is 0. The van der Waals surface area contributed by atoms with Gasteiger partial charge in [0.05, 0.1) is 12.2 Å². The zero-order valence-electron chi connectivity index (χ0n) is 10.9. The van der Waals surface area contributed by atoms with Gasteiger partial charge in [0.15, 0.2) is 0 Å². The number of aliphatic hydroxyl groups excluding tert-OH is 1. The maximum atomic E-state index is 12.8. The Labute approximate surface area is 113 Å². The molecule has 0 bridgehead atoms. The molecule has 1 N–H and O–H groups in total. The Morgan fingerprint density at radius 2 is 1.95 bits per heavy atom. The summed E-state index contributed by atoms with van der Waals surface area (Å²) < 4.78 is 12.8. The van der Waals surface area contributed by atoms with Gasteiger partial charge in [0.1, 0.15) is 5.82 Å². The Morgan fingerprint density at radius 1 is 1.32 bits per heavy atom. The Balaban J connectivity index is 1.87. The van der Waals surface area contributed by atoms with Crippen LogP contribution in [0.1, 0.15) is 30.9 Å². The molecule has 1 aliphatic rings. The van der Waals surface area contributed by atoms with Crippen LogP contribution in [0.25, 0.3) is 0 Å². The van der Waals surface area contributed by atoms with E-state index in [-0.39, 0.29) is 11.7 Å². The van der Waals surface area contributed by atoms with Gasteiger partial charge < -0.3 is 10.0 Å². The van der Waals surface area contributed by atoms with Crippen LogP contribution < -0.4 is 0 Å². The van der Waals surface area contributed by atoms with Crippen LogP contribution in [-0.2, 0) is 0 Å². The average Bonchev–Trinajstić information content (AvgIpc) is 2.46. The fraction of sp³-hybridized carbons (Fsp3) is 0.533. The summed E-state index contributed by atoms with van der Waals surface area (Å²) in [6, 6.07) is 8.24. The molecule has 19 heavy (non-hydrogen) atoms. The van der Waals surface area contributed by atoms with Crippen molar-refractivity contribution in [2.45, 2.75) is 25.4 Å². The first kappa shape index (κ1) is 14.0. The SMILES string of the molecule is N#CCCN1CCC(C(O)c2ccc(F)cc2)CC1. The van der Waals surface area contributed by atoms with Gasteiger partial charge in [-0.2, -0.15) is 5.26 Å². The normalized spacial score (nSPS) is 19.0. The molecule has 1 aliphatic heterocycles. The quantitative estimate of drug-likeness (QED) is 0.906. The minimum absolute atomic E-state index is 0.226. The number of piperidine rings is 1. The Morgan fingerprint density at radius 3 is 2.53 bits per heavy atom. The lowest BCUT2D eigenvalue weighted by Gasteiger charge is -2.33. The van der Waals surface area contributed by atoms with E-state index in [1.54, 1.807) is 12.1 Å². The van der Waals surface area contributed by atoms with Gasteiger partial charge in [0.25, 0.3) is 0 Å². The molecule has 1 saturated heterocycles. The number of nitriles is 1. The molecule has 2 rings (SSSR count). The molecule has 0 saturated carbocycles. The van der Waals surface area contributed by atoms with E-state index >= 15 is 0 Å². The topological polar surface area (TPSA) is 47.3 Å². The van der Waals surface area contributed by atoms with Crippen molar-refractivity contribution >= 4 is 0 Å². The molecule has 1 aromatic carbocycles. The number of benzene rings is 1. The highest BCUT2D eigenvalue weighted by atomic mass is 19.1. The standard InChI is InChI=1S/C15H19FN2O/c16-14-4-2-12(3-5-14)15(19)13-6-10-18(11-7-13)9-1-8-17/h2-5,13,15,19H,1,6-7,9-11H2. The van der Waals surface area contributed by atoms with Crippen molar-refractivity contribution in [1.82, 2.24) is 4.90 Å². The minimum Gasteiger partial charge on any atom is -0.388 e. The molecule has 0 amide bonds. The molecule has 0 spiro atoms. The lowest BCUT2D eigenvalue weighted by molar-refractivity contribution is 0.0595. The van der Waals surface area contributed by atoms with Gasteiger partial charge in [-0.25, -0.2) is 4.39 Å². The molecule has 4 heteroatoms. The van der Waals surface area contributed by atoms with Crippen molar-refractivity contribution in [1.29, 1.82) is 5.26 Å². The van der Waals surface area contributed by atoms with Crippen LogP contribution in [0, 0.1) is 23.1 Å². The second-order valence-corrected chi connectivity index (χ2v) is 5.08. The molecular weight excluding hydrogens is 243 g/mol. The van der Waals surface area contributed by atoms with Crippen molar-refractivity contribution < 1.29 is 9.50 Å². The molecule has 1 atom stereocenters. The fourth-order valence-corrected chi connectivity index (χ4v) is 2.63. The number of likely N-dealkylation sites (tertiary alicyclic amines) is 1. The first-order chi connectivity index (χ1) is 9.20.